The number of hydrogen-bond donors (Lipinski definition) is 2. The summed E-state index contributed by atoms with van der Waals surface area (Å²) in [5, 5.41) is 3.21. The largest absolute Gasteiger partial charge is 0.345 e. The van der Waals surface area contributed by atoms with E-state index in [0.29, 0.717) is 0 Å². The van der Waals surface area contributed by atoms with Crippen molar-refractivity contribution in [3.05, 3.63) is 17.7 Å². The second-order valence-electron chi connectivity index (χ2n) is 2.27. The van der Waals surface area contributed by atoms with Crippen molar-refractivity contribution in [2.75, 3.05) is 6.54 Å². The standard InChI is InChI=1S/C7H13N3/c1-3-8-4-7-5-9-6(2)10-7/h5,8H,3-4H2,1-2H3,(H,9,10). The third kappa shape index (κ3) is 1.84. The van der Waals surface area contributed by atoms with Gasteiger partial charge >= 0.3 is 0 Å². The Morgan fingerprint density at radius 1 is 1.70 bits per heavy atom. The minimum Gasteiger partial charge on any atom is -0.345 e. The third-order valence-corrected chi connectivity index (χ3v) is 1.32. The Balaban J connectivity index is 2.42. The topological polar surface area (TPSA) is 40.7 Å². The highest BCUT2D eigenvalue weighted by Gasteiger charge is 1.92. The van der Waals surface area contributed by atoms with Crippen molar-refractivity contribution in [1.82, 2.24) is 15.3 Å². The molecule has 1 rings (SSSR count). The summed E-state index contributed by atoms with van der Waals surface area (Å²) in [6, 6.07) is 0. The normalized spacial score (nSPS) is 10.2. The highest BCUT2D eigenvalue weighted by atomic mass is 14.9. The molecule has 0 saturated heterocycles. The van der Waals surface area contributed by atoms with Gasteiger partial charge in [0.25, 0.3) is 0 Å². The molecule has 0 bridgehead atoms. The van der Waals surface area contributed by atoms with Crippen molar-refractivity contribution in [2.24, 2.45) is 0 Å². The number of hydrogen-bond acceptors (Lipinski definition) is 2. The smallest absolute Gasteiger partial charge is 0.103 e. The molecule has 10 heavy (non-hydrogen) atoms. The molecule has 0 aliphatic heterocycles. The number of imidazole rings is 1. The van der Waals surface area contributed by atoms with E-state index in [9.17, 15) is 0 Å². The fraction of sp³-hybridized carbons (Fsp3) is 0.571. The molecule has 0 fully saturated rings. The molecule has 0 aromatic carbocycles. The maximum absolute atomic E-state index is 4.07. The molecule has 0 spiro atoms. The molecule has 0 unspecified atom stereocenters. The number of aromatic amines is 1. The molecule has 0 saturated carbocycles. The molecule has 3 heteroatoms. The minimum atomic E-state index is 0.886. The van der Waals surface area contributed by atoms with Crippen LogP contribution in [0.15, 0.2) is 6.20 Å². The highest BCUT2D eigenvalue weighted by molar-refractivity contribution is 4.98. The van der Waals surface area contributed by atoms with Gasteiger partial charge in [0, 0.05) is 18.4 Å². The van der Waals surface area contributed by atoms with Crippen molar-refractivity contribution in [3.63, 3.8) is 0 Å². The lowest BCUT2D eigenvalue weighted by atomic mass is 10.5. The predicted octanol–water partition coefficient (Wildman–Crippen LogP) is 0.828. The average Bonchev–Trinajstić information content (AvgIpc) is 2.31. The number of H-pyrrole nitrogens is 1. The Morgan fingerprint density at radius 3 is 3.00 bits per heavy atom. The van der Waals surface area contributed by atoms with Crippen LogP contribution in [-0.2, 0) is 6.54 Å². The van der Waals surface area contributed by atoms with Crippen LogP contribution in [0.1, 0.15) is 18.4 Å². The van der Waals surface area contributed by atoms with Crippen molar-refractivity contribution >= 4 is 0 Å². The van der Waals surface area contributed by atoms with Crippen molar-refractivity contribution in [2.45, 2.75) is 20.4 Å². The second-order valence-corrected chi connectivity index (χ2v) is 2.27. The first-order valence-electron chi connectivity index (χ1n) is 3.54. The SMILES string of the molecule is CCNCc1cnc(C)[nH]1. The van der Waals surface area contributed by atoms with Crippen LogP contribution in [0.25, 0.3) is 0 Å². The first-order valence-corrected chi connectivity index (χ1v) is 3.54. The van der Waals surface area contributed by atoms with Crippen LogP contribution in [0, 0.1) is 6.92 Å². The molecule has 2 N–H and O–H groups in total. The molecule has 1 aromatic rings. The molecule has 0 aliphatic rings. The number of nitrogens with one attached hydrogen (secondary N) is 2. The van der Waals surface area contributed by atoms with Crippen molar-refractivity contribution in [3.8, 4) is 0 Å². The molecule has 0 radical (unpaired) electrons. The van der Waals surface area contributed by atoms with Crippen LogP contribution in [0.4, 0.5) is 0 Å². The van der Waals surface area contributed by atoms with Gasteiger partial charge in [-0.2, -0.15) is 0 Å². The molecule has 1 heterocycles. The van der Waals surface area contributed by atoms with E-state index in [-0.39, 0.29) is 0 Å². The van der Waals surface area contributed by atoms with E-state index in [4.69, 9.17) is 0 Å². The third-order valence-electron chi connectivity index (χ3n) is 1.32. The van der Waals surface area contributed by atoms with Gasteiger partial charge in [0.1, 0.15) is 5.82 Å². The maximum atomic E-state index is 4.07. The fourth-order valence-corrected chi connectivity index (χ4v) is 0.821. The van der Waals surface area contributed by atoms with E-state index < -0.39 is 0 Å². The quantitative estimate of drug-likeness (QED) is 0.651. The summed E-state index contributed by atoms with van der Waals surface area (Å²) >= 11 is 0. The molecule has 0 atom stereocenters. The van der Waals surface area contributed by atoms with E-state index >= 15 is 0 Å². The van der Waals surface area contributed by atoms with Gasteiger partial charge in [0.15, 0.2) is 0 Å². The number of rotatable bonds is 3. The Hall–Kier alpha value is -0.830. The minimum absolute atomic E-state index is 0.886. The summed E-state index contributed by atoms with van der Waals surface area (Å²) in [5.74, 6) is 0.980. The molecule has 1 aromatic heterocycles. The van der Waals surface area contributed by atoms with Gasteiger partial charge in [0.05, 0.1) is 0 Å². The van der Waals surface area contributed by atoms with E-state index in [1.54, 1.807) is 0 Å². The molecule has 3 nitrogen and oxygen atoms in total. The van der Waals surface area contributed by atoms with Gasteiger partial charge in [-0.05, 0) is 13.5 Å². The Morgan fingerprint density at radius 2 is 2.50 bits per heavy atom. The van der Waals surface area contributed by atoms with Crippen LogP contribution in [0.2, 0.25) is 0 Å². The van der Waals surface area contributed by atoms with Gasteiger partial charge in [0.2, 0.25) is 0 Å². The van der Waals surface area contributed by atoms with Crippen LogP contribution in [0.5, 0.6) is 0 Å². The first kappa shape index (κ1) is 7.28. The Labute approximate surface area is 60.9 Å². The van der Waals surface area contributed by atoms with E-state index in [2.05, 4.69) is 22.2 Å². The molecule has 0 amide bonds. The van der Waals surface area contributed by atoms with Crippen LogP contribution in [-0.4, -0.2) is 16.5 Å². The number of nitrogens with zero attached hydrogens (tertiary/aromatic N) is 1. The average molecular weight is 139 g/mol. The van der Waals surface area contributed by atoms with Crippen molar-refractivity contribution in [1.29, 1.82) is 0 Å². The Kier molecular flexibility index (Phi) is 2.45. The lowest BCUT2D eigenvalue weighted by molar-refractivity contribution is 0.713. The zero-order valence-electron chi connectivity index (χ0n) is 6.44. The maximum Gasteiger partial charge on any atom is 0.103 e. The summed E-state index contributed by atoms with van der Waals surface area (Å²) in [5.41, 5.74) is 1.15. The molecular formula is C7H13N3. The van der Waals surface area contributed by atoms with Gasteiger partial charge in [-0.1, -0.05) is 6.92 Å². The number of aryl methyl sites for hydroxylation is 1. The lowest BCUT2D eigenvalue weighted by Crippen LogP contribution is -2.11. The second kappa shape index (κ2) is 3.37. The van der Waals surface area contributed by atoms with Crippen LogP contribution < -0.4 is 5.32 Å². The van der Waals surface area contributed by atoms with E-state index in [1.165, 1.54) is 0 Å². The van der Waals surface area contributed by atoms with Gasteiger partial charge in [-0.3, -0.25) is 0 Å². The zero-order valence-corrected chi connectivity index (χ0v) is 6.44. The van der Waals surface area contributed by atoms with Crippen LogP contribution in [0.3, 0.4) is 0 Å². The van der Waals surface area contributed by atoms with E-state index in [0.717, 1.165) is 24.6 Å². The summed E-state index contributed by atoms with van der Waals surface area (Å²) in [6.45, 7) is 5.92. The summed E-state index contributed by atoms with van der Waals surface area (Å²) in [7, 11) is 0. The monoisotopic (exact) mass is 139 g/mol. The fourth-order valence-electron chi connectivity index (χ4n) is 0.821. The van der Waals surface area contributed by atoms with Gasteiger partial charge < -0.3 is 10.3 Å². The predicted molar refractivity (Wildman–Crippen MR) is 40.7 cm³/mol. The van der Waals surface area contributed by atoms with Crippen LogP contribution >= 0.6 is 0 Å². The summed E-state index contributed by atoms with van der Waals surface area (Å²) in [6.07, 6.45) is 1.86. The zero-order chi connectivity index (χ0) is 7.40. The first-order chi connectivity index (χ1) is 4.83. The Bertz CT molecular complexity index is 192. The molecular weight excluding hydrogens is 126 g/mol. The summed E-state index contributed by atoms with van der Waals surface area (Å²) in [4.78, 5) is 7.21. The van der Waals surface area contributed by atoms with Gasteiger partial charge in [-0.25, -0.2) is 4.98 Å². The highest BCUT2D eigenvalue weighted by Crippen LogP contribution is 1.93. The van der Waals surface area contributed by atoms with E-state index in [1.807, 2.05) is 13.1 Å². The molecule has 56 valence electrons. The molecule has 0 aliphatic carbocycles. The lowest BCUT2D eigenvalue weighted by Gasteiger charge is -1.95. The van der Waals surface area contributed by atoms with Crippen molar-refractivity contribution < 1.29 is 0 Å². The summed E-state index contributed by atoms with van der Waals surface area (Å²) < 4.78 is 0. The number of aromatic nitrogens is 2. The van der Waals surface area contributed by atoms with Gasteiger partial charge in [-0.15, -0.1) is 0 Å².